The Balaban J connectivity index is 1.83. The second kappa shape index (κ2) is 3.89. The van der Waals surface area contributed by atoms with E-state index in [0.717, 1.165) is 38.2 Å². The lowest BCUT2D eigenvalue weighted by Gasteiger charge is -2.28. The van der Waals surface area contributed by atoms with Crippen LogP contribution in [-0.4, -0.2) is 39.2 Å². The number of aromatic nitrogens is 2. The molecule has 0 spiro atoms. The molecule has 1 aromatic rings. The molecule has 1 aromatic heterocycles. The van der Waals surface area contributed by atoms with Gasteiger partial charge in [0.15, 0.2) is 0 Å². The van der Waals surface area contributed by atoms with Crippen LogP contribution >= 0.6 is 0 Å². The predicted octanol–water partition coefficient (Wildman–Crippen LogP) is 0.366. The normalized spacial score (nSPS) is 20.7. The topological polar surface area (TPSA) is 52.1 Å². The zero-order chi connectivity index (χ0) is 9.10. The minimum absolute atomic E-state index is 0.0852. The summed E-state index contributed by atoms with van der Waals surface area (Å²) in [5.74, 6) is 0. The van der Waals surface area contributed by atoms with Crippen molar-refractivity contribution in [2.24, 2.45) is 0 Å². The quantitative estimate of drug-likeness (QED) is 0.693. The van der Waals surface area contributed by atoms with Crippen molar-refractivity contribution in [3.05, 3.63) is 18.2 Å². The van der Waals surface area contributed by atoms with Gasteiger partial charge in [0.2, 0.25) is 0 Å². The zero-order valence-corrected chi connectivity index (χ0v) is 7.61. The Labute approximate surface area is 77.6 Å². The molecular formula is C9H15N3O. The summed E-state index contributed by atoms with van der Waals surface area (Å²) >= 11 is 0. The number of nitrogens with zero attached hydrogens (tertiary/aromatic N) is 2. The van der Waals surface area contributed by atoms with Crippen LogP contribution < -0.4 is 0 Å². The summed E-state index contributed by atoms with van der Waals surface area (Å²) in [5.41, 5.74) is 1.15. The van der Waals surface area contributed by atoms with Crippen molar-refractivity contribution in [3.63, 3.8) is 0 Å². The largest absolute Gasteiger partial charge is 0.393 e. The second-order valence-corrected chi connectivity index (χ2v) is 3.58. The van der Waals surface area contributed by atoms with E-state index < -0.39 is 0 Å². The highest BCUT2D eigenvalue weighted by Crippen LogP contribution is 2.11. The first-order valence-electron chi connectivity index (χ1n) is 4.72. The van der Waals surface area contributed by atoms with E-state index in [4.69, 9.17) is 0 Å². The van der Waals surface area contributed by atoms with Gasteiger partial charge in [-0.15, -0.1) is 0 Å². The molecule has 2 N–H and O–H groups in total. The van der Waals surface area contributed by atoms with Crippen LogP contribution in [0.15, 0.2) is 12.5 Å². The van der Waals surface area contributed by atoms with Crippen molar-refractivity contribution in [1.82, 2.24) is 14.9 Å². The van der Waals surface area contributed by atoms with Crippen molar-refractivity contribution in [2.45, 2.75) is 25.5 Å². The molecule has 0 bridgehead atoms. The third-order valence-electron chi connectivity index (χ3n) is 2.51. The van der Waals surface area contributed by atoms with E-state index in [1.54, 1.807) is 6.33 Å². The van der Waals surface area contributed by atoms with Crippen LogP contribution in [0.25, 0.3) is 0 Å². The first-order chi connectivity index (χ1) is 6.34. The molecule has 0 atom stereocenters. The van der Waals surface area contributed by atoms with Gasteiger partial charge in [-0.2, -0.15) is 0 Å². The number of H-pyrrole nitrogens is 1. The highest BCUT2D eigenvalue weighted by atomic mass is 16.3. The number of imidazole rings is 1. The Bertz CT molecular complexity index is 239. The lowest BCUT2D eigenvalue weighted by molar-refractivity contribution is 0.0787. The zero-order valence-electron chi connectivity index (χ0n) is 7.61. The maximum absolute atomic E-state index is 9.31. The fourth-order valence-electron chi connectivity index (χ4n) is 1.69. The molecule has 4 nitrogen and oxygen atoms in total. The lowest BCUT2D eigenvalue weighted by Crippen LogP contribution is -2.35. The number of aliphatic hydroxyl groups excluding tert-OH is 1. The second-order valence-electron chi connectivity index (χ2n) is 3.58. The van der Waals surface area contributed by atoms with Crippen LogP contribution in [0.2, 0.25) is 0 Å². The van der Waals surface area contributed by atoms with E-state index in [2.05, 4.69) is 14.9 Å². The molecule has 1 saturated heterocycles. The average Bonchev–Trinajstić information content (AvgIpc) is 2.62. The molecule has 4 heteroatoms. The van der Waals surface area contributed by atoms with Crippen molar-refractivity contribution < 1.29 is 5.11 Å². The van der Waals surface area contributed by atoms with E-state index in [9.17, 15) is 5.11 Å². The van der Waals surface area contributed by atoms with Crippen LogP contribution in [0.4, 0.5) is 0 Å². The third-order valence-corrected chi connectivity index (χ3v) is 2.51. The molecule has 0 unspecified atom stereocenters. The monoisotopic (exact) mass is 181 g/mol. The van der Waals surface area contributed by atoms with Crippen molar-refractivity contribution >= 4 is 0 Å². The number of likely N-dealkylation sites (tertiary alicyclic amines) is 1. The molecule has 1 fully saturated rings. The smallest absolute Gasteiger partial charge is 0.0922 e. The lowest BCUT2D eigenvalue weighted by atomic mass is 10.1. The number of hydrogen-bond acceptors (Lipinski definition) is 3. The molecule has 0 amide bonds. The van der Waals surface area contributed by atoms with Crippen LogP contribution in [0.3, 0.4) is 0 Å². The average molecular weight is 181 g/mol. The van der Waals surface area contributed by atoms with Crippen LogP contribution in [-0.2, 0) is 6.54 Å². The highest BCUT2D eigenvalue weighted by Gasteiger charge is 2.16. The van der Waals surface area contributed by atoms with Crippen LogP contribution in [0, 0.1) is 0 Å². The molecule has 2 heterocycles. The molecule has 0 saturated carbocycles. The van der Waals surface area contributed by atoms with Crippen LogP contribution in [0.1, 0.15) is 18.5 Å². The minimum atomic E-state index is -0.0852. The molecule has 1 aliphatic heterocycles. The maximum atomic E-state index is 9.31. The van der Waals surface area contributed by atoms with Gasteiger partial charge < -0.3 is 10.1 Å². The summed E-state index contributed by atoms with van der Waals surface area (Å²) in [6.07, 6.45) is 5.26. The molecule has 0 aliphatic carbocycles. The van der Waals surface area contributed by atoms with Gasteiger partial charge in [-0.05, 0) is 12.8 Å². The SMILES string of the molecule is OC1CCN(Cc2cnc[nH]2)CC1. The summed E-state index contributed by atoms with van der Waals surface area (Å²) in [6, 6.07) is 0. The van der Waals surface area contributed by atoms with Crippen molar-refractivity contribution in [2.75, 3.05) is 13.1 Å². The fraction of sp³-hybridized carbons (Fsp3) is 0.667. The fourth-order valence-corrected chi connectivity index (χ4v) is 1.69. The van der Waals surface area contributed by atoms with E-state index >= 15 is 0 Å². The van der Waals surface area contributed by atoms with E-state index in [0.29, 0.717) is 0 Å². The number of aliphatic hydroxyl groups is 1. The third kappa shape index (κ3) is 2.29. The highest BCUT2D eigenvalue weighted by molar-refractivity contribution is 4.94. The molecule has 1 aliphatic rings. The maximum Gasteiger partial charge on any atom is 0.0922 e. The van der Waals surface area contributed by atoms with Gasteiger partial charge in [0.1, 0.15) is 0 Å². The Hall–Kier alpha value is -0.870. The molecule has 72 valence electrons. The summed E-state index contributed by atoms with van der Waals surface area (Å²) < 4.78 is 0. The number of piperidine rings is 1. The van der Waals surface area contributed by atoms with E-state index in [1.165, 1.54) is 0 Å². The molecular weight excluding hydrogens is 166 g/mol. The molecule has 0 aromatic carbocycles. The molecule has 0 radical (unpaired) electrons. The van der Waals surface area contributed by atoms with Gasteiger partial charge in [0, 0.05) is 31.5 Å². The van der Waals surface area contributed by atoms with Gasteiger partial charge in [0.25, 0.3) is 0 Å². The summed E-state index contributed by atoms with van der Waals surface area (Å²) in [5, 5.41) is 9.31. The standard InChI is InChI=1S/C9H15N3O/c13-9-1-3-12(4-2-9)6-8-5-10-7-11-8/h5,7,9,13H,1-4,6H2,(H,10,11). The summed E-state index contributed by atoms with van der Waals surface area (Å²) in [4.78, 5) is 9.38. The van der Waals surface area contributed by atoms with Gasteiger partial charge in [-0.25, -0.2) is 4.98 Å². The number of nitrogens with one attached hydrogen (secondary N) is 1. The van der Waals surface area contributed by atoms with Crippen LogP contribution in [0.5, 0.6) is 0 Å². The van der Waals surface area contributed by atoms with Gasteiger partial charge in [-0.1, -0.05) is 0 Å². The Morgan fingerprint density at radius 2 is 2.31 bits per heavy atom. The summed E-state index contributed by atoms with van der Waals surface area (Å²) in [6.45, 7) is 2.90. The van der Waals surface area contributed by atoms with Gasteiger partial charge in [0.05, 0.1) is 12.4 Å². The van der Waals surface area contributed by atoms with Crippen molar-refractivity contribution in [1.29, 1.82) is 0 Å². The number of rotatable bonds is 2. The van der Waals surface area contributed by atoms with Gasteiger partial charge >= 0.3 is 0 Å². The molecule has 2 rings (SSSR count). The molecule has 13 heavy (non-hydrogen) atoms. The Morgan fingerprint density at radius 3 is 2.92 bits per heavy atom. The minimum Gasteiger partial charge on any atom is -0.393 e. The first-order valence-corrected chi connectivity index (χ1v) is 4.72. The van der Waals surface area contributed by atoms with Crippen molar-refractivity contribution in [3.8, 4) is 0 Å². The Kier molecular flexibility index (Phi) is 2.61. The Morgan fingerprint density at radius 1 is 1.54 bits per heavy atom. The van der Waals surface area contributed by atoms with E-state index in [-0.39, 0.29) is 6.10 Å². The first kappa shape index (κ1) is 8.72. The summed E-state index contributed by atoms with van der Waals surface area (Å²) in [7, 11) is 0. The van der Waals surface area contributed by atoms with E-state index in [1.807, 2.05) is 6.20 Å². The number of hydrogen-bond donors (Lipinski definition) is 2. The van der Waals surface area contributed by atoms with Gasteiger partial charge in [-0.3, -0.25) is 4.90 Å². The predicted molar refractivity (Wildman–Crippen MR) is 49.1 cm³/mol. The number of aromatic amines is 1.